The van der Waals surface area contributed by atoms with Crippen LogP contribution in [0.3, 0.4) is 0 Å². The lowest BCUT2D eigenvalue weighted by molar-refractivity contribution is -0.176. The van der Waals surface area contributed by atoms with Gasteiger partial charge in [-0.25, -0.2) is 0 Å². The number of rotatable bonds is 4. The van der Waals surface area contributed by atoms with Gasteiger partial charge in [-0.3, -0.25) is 4.79 Å². The van der Waals surface area contributed by atoms with E-state index in [2.05, 4.69) is 50.0 Å². The number of aliphatic hydroxyl groups is 2. The number of hydrogen-bond donors (Lipinski definition) is 2. The van der Waals surface area contributed by atoms with Crippen LogP contribution in [0.1, 0.15) is 105 Å². The summed E-state index contributed by atoms with van der Waals surface area (Å²) in [6, 6.07) is 4.09. The number of carbonyl (C=O) groups excluding carboxylic acids is 1. The Morgan fingerprint density at radius 2 is 1.62 bits per heavy atom. The van der Waals surface area contributed by atoms with Crippen molar-refractivity contribution < 1.29 is 15.0 Å². The summed E-state index contributed by atoms with van der Waals surface area (Å²) in [7, 11) is 0. The molecule has 0 aromatic carbocycles. The number of allylic oxidation sites excluding steroid dienone is 4. The van der Waals surface area contributed by atoms with E-state index in [9.17, 15) is 15.0 Å². The Hall–Kier alpha value is -1.27. The van der Waals surface area contributed by atoms with E-state index >= 15 is 0 Å². The first-order valence-electron chi connectivity index (χ1n) is 16.2. The van der Waals surface area contributed by atoms with E-state index in [-0.39, 0.29) is 39.5 Å². The van der Waals surface area contributed by atoms with Crippen LogP contribution in [-0.4, -0.2) is 52.2 Å². The van der Waals surface area contributed by atoms with E-state index in [1.54, 1.807) is 11.3 Å². The molecular weight excluding hydrogens is 514 g/mol. The van der Waals surface area contributed by atoms with Crippen molar-refractivity contribution in [3.8, 4) is 0 Å². The van der Waals surface area contributed by atoms with Crippen molar-refractivity contribution >= 4 is 17.1 Å². The summed E-state index contributed by atoms with van der Waals surface area (Å²) < 4.78 is 0. The lowest BCUT2D eigenvalue weighted by Gasteiger charge is -2.71. The highest BCUT2D eigenvalue weighted by molar-refractivity contribution is 7.14. The van der Waals surface area contributed by atoms with Gasteiger partial charge < -0.3 is 15.1 Å². The van der Waals surface area contributed by atoms with Crippen molar-refractivity contribution in [1.82, 2.24) is 4.90 Å². The number of β-amino-alcohol motifs (C(OH)–C–C–N with tert-alkyl or cyclic N) is 1. The van der Waals surface area contributed by atoms with E-state index in [0.29, 0.717) is 12.3 Å². The Balaban J connectivity index is 1.32. The fraction of sp³-hybridized carbons (Fsp3) is 0.743. The molecule has 5 heteroatoms. The predicted octanol–water partition coefficient (Wildman–Crippen LogP) is 7.10. The number of likely N-dealkylation sites (tertiary alicyclic amines) is 1. The van der Waals surface area contributed by atoms with Gasteiger partial charge in [0.05, 0.1) is 16.6 Å². The Kier molecular flexibility index (Phi) is 6.45. The quantitative estimate of drug-likeness (QED) is 0.303. The Morgan fingerprint density at radius 3 is 2.35 bits per heavy atom. The SMILES string of the molecule is Cc1ccc(C(=O)C2=CC34C=CC25C(CCC2(C)C5CCC2(O)CN2CCCCCCC2)C3(C)CCC(O)C4)s1. The van der Waals surface area contributed by atoms with Crippen LogP contribution in [0.15, 0.2) is 35.9 Å². The summed E-state index contributed by atoms with van der Waals surface area (Å²) >= 11 is 1.61. The number of ketones is 1. The Labute approximate surface area is 244 Å². The molecule has 8 atom stereocenters. The third kappa shape index (κ3) is 3.63. The molecular formula is C35H49NO3S. The zero-order valence-electron chi connectivity index (χ0n) is 24.9. The molecule has 4 fully saturated rings. The summed E-state index contributed by atoms with van der Waals surface area (Å²) in [5.41, 5.74) is -0.555. The molecule has 1 saturated heterocycles. The predicted molar refractivity (Wildman–Crippen MR) is 161 cm³/mol. The number of nitrogens with zero attached hydrogens (tertiary/aromatic N) is 1. The van der Waals surface area contributed by atoms with Gasteiger partial charge >= 0.3 is 0 Å². The molecule has 4 nitrogen and oxygen atoms in total. The molecule has 0 amide bonds. The van der Waals surface area contributed by atoms with Crippen LogP contribution in [-0.2, 0) is 0 Å². The number of thiophene rings is 1. The first-order valence-corrected chi connectivity index (χ1v) is 17.1. The molecule has 1 aliphatic heterocycles. The van der Waals surface area contributed by atoms with Crippen LogP contribution in [0.2, 0.25) is 0 Å². The standard InChI is InChI=1S/C35H49NO3S/c1-24-9-10-27(40-24)30(38)26-22-33-17-18-35(26)28(31(33,2)14-11-25(37)21-33)12-15-32(3)29(35)13-16-34(32,39)23-36-19-7-5-4-6-8-20-36/h9-10,17-18,22,25,28-29,37,39H,4-8,11-16,19-21,23H2,1-3H3. The number of hydrogen-bond acceptors (Lipinski definition) is 5. The second kappa shape index (κ2) is 9.36. The van der Waals surface area contributed by atoms with Crippen molar-refractivity contribution in [2.75, 3.05) is 19.6 Å². The second-order valence-corrected chi connectivity index (χ2v) is 16.4. The summed E-state index contributed by atoms with van der Waals surface area (Å²) in [5.74, 6) is 0.801. The molecule has 8 unspecified atom stereocenters. The minimum absolute atomic E-state index is 0.0290. The molecule has 218 valence electrons. The van der Waals surface area contributed by atoms with E-state index < -0.39 is 5.60 Å². The van der Waals surface area contributed by atoms with Gasteiger partial charge in [0.25, 0.3) is 0 Å². The monoisotopic (exact) mass is 563 g/mol. The summed E-state index contributed by atoms with van der Waals surface area (Å²) in [6.07, 6.45) is 19.8. The van der Waals surface area contributed by atoms with E-state index in [1.807, 2.05) is 6.07 Å². The van der Waals surface area contributed by atoms with E-state index in [1.165, 1.54) is 37.0 Å². The topological polar surface area (TPSA) is 60.8 Å². The van der Waals surface area contributed by atoms with E-state index in [4.69, 9.17) is 0 Å². The van der Waals surface area contributed by atoms with Gasteiger partial charge in [0.2, 0.25) is 0 Å². The highest BCUT2D eigenvalue weighted by atomic mass is 32.1. The van der Waals surface area contributed by atoms with Crippen molar-refractivity contribution in [1.29, 1.82) is 0 Å². The zero-order chi connectivity index (χ0) is 28.0. The maximum Gasteiger partial charge on any atom is 0.199 e. The molecule has 2 heterocycles. The van der Waals surface area contributed by atoms with Crippen LogP contribution in [0.25, 0.3) is 0 Å². The fourth-order valence-electron chi connectivity index (χ4n) is 11.1. The molecule has 7 aliphatic rings. The molecule has 3 saturated carbocycles. The van der Waals surface area contributed by atoms with Gasteiger partial charge in [0.15, 0.2) is 5.78 Å². The molecule has 8 rings (SSSR count). The molecule has 2 N–H and O–H groups in total. The number of aliphatic hydroxyl groups excluding tert-OH is 1. The number of aryl methyl sites for hydroxylation is 1. The van der Waals surface area contributed by atoms with Crippen LogP contribution < -0.4 is 0 Å². The molecule has 2 bridgehead atoms. The lowest BCUT2D eigenvalue weighted by Crippen LogP contribution is -2.67. The van der Waals surface area contributed by atoms with Crippen molar-refractivity contribution in [2.45, 2.75) is 110 Å². The molecule has 40 heavy (non-hydrogen) atoms. The highest BCUT2D eigenvalue weighted by Gasteiger charge is 2.74. The first-order chi connectivity index (χ1) is 19.1. The lowest BCUT2D eigenvalue weighted by atomic mass is 9.32. The highest BCUT2D eigenvalue weighted by Crippen LogP contribution is 2.78. The molecule has 0 radical (unpaired) electrons. The number of Topliss-reactive ketones (excluding diaryl/α,β-unsaturated/α-hetero) is 1. The van der Waals surface area contributed by atoms with Gasteiger partial charge in [0.1, 0.15) is 0 Å². The van der Waals surface area contributed by atoms with Crippen molar-refractivity contribution in [3.63, 3.8) is 0 Å². The maximum atomic E-state index is 14.5. The van der Waals surface area contributed by atoms with Crippen LogP contribution in [0.5, 0.6) is 0 Å². The van der Waals surface area contributed by atoms with E-state index in [0.717, 1.165) is 68.6 Å². The number of carbonyl (C=O) groups is 1. The van der Waals surface area contributed by atoms with Gasteiger partial charge in [-0.2, -0.15) is 0 Å². The average molecular weight is 564 g/mol. The summed E-state index contributed by atoms with van der Waals surface area (Å²) in [5, 5.41) is 23.5. The van der Waals surface area contributed by atoms with Crippen molar-refractivity contribution in [2.24, 2.45) is 33.5 Å². The van der Waals surface area contributed by atoms with Crippen molar-refractivity contribution in [3.05, 3.63) is 45.7 Å². The average Bonchev–Trinajstić information content (AvgIpc) is 3.45. The second-order valence-electron chi connectivity index (χ2n) is 15.1. The molecule has 2 spiro atoms. The van der Waals surface area contributed by atoms with Crippen LogP contribution >= 0.6 is 11.3 Å². The zero-order valence-corrected chi connectivity index (χ0v) is 25.7. The Morgan fingerprint density at radius 1 is 0.950 bits per heavy atom. The number of fused-ring (bicyclic) bond motifs is 1. The third-order valence-electron chi connectivity index (χ3n) is 13.4. The van der Waals surface area contributed by atoms with Gasteiger partial charge in [-0.05, 0) is 107 Å². The van der Waals surface area contributed by atoms with Gasteiger partial charge in [0, 0.05) is 33.2 Å². The summed E-state index contributed by atoms with van der Waals surface area (Å²) in [4.78, 5) is 19.1. The first kappa shape index (κ1) is 27.6. The summed E-state index contributed by atoms with van der Waals surface area (Å²) in [6.45, 7) is 9.90. The minimum atomic E-state index is -0.728. The van der Waals surface area contributed by atoms with Crippen LogP contribution in [0, 0.1) is 40.4 Å². The molecule has 6 aliphatic carbocycles. The normalized spacial score (nSPS) is 46.6. The fourth-order valence-corrected chi connectivity index (χ4v) is 11.9. The smallest absolute Gasteiger partial charge is 0.199 e. The molecule has 1 aromatic heterocycles. The Bertz CT molecular complexity index is 1240. The third-order valence-corrected chi connectivity index (χ3v) is 14.4. The molecule has 1 aromatic rings. The van der Waals surface area contributed by atoms with Gasteiger partial charge in [-0.15, -0.1) is 11.3 Å². The maximum absolute atomic E-state index is 14.5. The largest absolute Gasteiger partial charge is 0.393 e. The minimum Gasteiger partial charge on any atom is -0.393 e. The van der Waals surface area contributed by atoms with Gasteiger partial charge in [-0.1, -0.05) is 51.3 Å². The van der Waals surface area contributed by atoms with Crippen LogP contribution in [0.4, 0.5) is 0 Å².